The zero-order chi connectivity index (χ0) is 18.6. The summed E-state index contributed by atoms with van der Waals surface area (Å²) in [7, 11) is 1.30. The maximum atomic E-state index is 12.5. The highest BCUT2D eigenvalue weighted by molar-refractivity contribution is 6.13. The number of hydrogen-bond donors (Lipinski definition) is 2. The van der Waals surface area contributed by atoms with Gasteiger partial charge in [0.05, 0.1) is 12.7 Å². The van der Waals surface area contributed by atoms with Gasteiger partial charge in [-0.25, -0.2) is 4.79 Å². The molecule has 7 nitrogen and oxygen atoms in total. The van der Waals surface area contributed by atoms with Crippen molar-refractivity contribution in [3.05, 3.63) is 59.9 Å². The number of carbonyl (C=O) groups is 3. The number of nitrogens with one attached hydrogen (secondary N) is 2. The number of nitrogens with zero attached hydrogens (tertiary/aromatic N) is 1. The second-order valence-corrected chi connectivity index (χ2v) is 6.15. The minimum absolute atomic E-state index is 0.287. The zero-order valence-electron chi connectivity index (χ0n) is 14.3. The first-order valence-corrected chi connectivity index (χ1v) is 8.22. The average Bonchev–Trinajstić information content (AvgIpc) is 3.49. The van der Waals surface area contributed by atoms with E-state index in [1.54, 1.807) is 42.7 Å². The fraction of sp³-hybridized carbons (Fsp3) is 0.263. The number of hydrogen-bond acceptors (Lipinski definition) is 5. The Balaban J connectivity index is 1.59. The SMILES string of the molecule is COC(=O)c1ccc(NC(=O)C2(C(=O)NCc3cccnc3)CC2)cc1. The van der Waals surface area contributed by atoms with E-state index in [2.05, 4.69) is 20.4 Å². The van der Waals surface area contributed by atoms with Crippen molar-refractivity contribution in [2.45, 2.75) is 19.4 Å². The van der Waals surface area contributed by atoms with Crippen molar-refractivity contribution in [1.82, 2.24) is 10.3 Å². The maximum Gasteiger partial charge on any atom is 0.337 e. The van der Waals surface area contributed by atoms with Gasteiger partial charge in [-0.15, -0.1) is 0 Å². The summed E-state index contributed by atoms with van der Waals surface area (Å²) in [6.07, 6.45) is 4.35. The summed E-state index contributed by atoms with van der Waals surface area (Å²) in [6, 6.07) is 9.98. The molecule has 1 heterocycles. The molecule has 0 unspecified atom stereocenters. The molecule has 1 aromatic heterocycles. The minimum atomic E-state index is -1.02. The summed E-state index contributed by atoms with van der Waals surface area (Å²) in [5.41, 5.74) is 0.758. The second kappa shape index (κ2) is 7.35. The number of rotatable bonds is 6. The van der Waals surface area contributed by atoms with Crippen molar-refractivity contribution in [3.8, 4) is 0 Å². The number of esters is 1. The van der Waals surface area contributed by atoms with Gasteiger partial charge in [0.25, 0.3) is 0 Å². The third-order valence-corrected chi connectivity index (χ3v) is 4.36. The van der Waals surface area contributed by atoms with Crippen LogP contribution < -0.4 is 10.6 Å². The summed E-state index contributed by atoms with van der Waals surface area (Å²) in [6.45, 7) is 0.329. The quantitative estimate of drug-likeness (QED) is 0.611. The van der Waals surface area contributed by atoms with Gasteiger partial charge in [-0.2, -0.15) is 0 Å². The Labute approximate surface area is 150 Å². The molecule has 7 heteroatoms. The molecule has 0 atom stereocenters. The summed E-state index contributed by atoms with van der Waals surface area (Å²) in [5.74, 6) is -1.08. The van der Waals surface area contributed by atoms with Crippen molar-refractivity contribution in [3.63, 3.8) is 0 Å². The van der Waals surface area contributed by atoms with Crippen LogP contribution in [0.25, 0.3) is 0 Å². The second-order valence-electron chi connectivity index (χ2n) is 6.15. The van der Waals surface area contributed by atoms with Gasteiger partial charge in [0.1, 0.15) is 5.41 Å². The summed E-state index contributed by atoms with van der Waals surface area (Å²) in [4.78, 5) is 40.4. The number of amides is 2. The molecule has 1 saturated carbocycles. The number of benzene rings is 1. The van der Waals surface area contributed by atoms with Crippen LogP contribution in [0.2, 0.25) is 0 Å². The van der Waals surface area contributed by atoms with Gasteiger partial charge in [-0.05, 0) is 48.7 Å². The predicted molar refractivity (Wildman–Crippen MR) is 94.2 cm³/mol. The Morgan fingerprint density at radius 2 is 1.85 bits per heavy atom. The Hall–Kier alpha value is -3.22. The third kappa shape index (κ3) is 3.72. The molecule has 0 bridgehead atoms. The highest BCUT2D eigenvalue weighted by Crippen LogP contribution is 2.46. The first kappa shape index (κ1) is 17.6. The predicted octanol–water partition coefficient (Wildman–Crippen LogP) is 1.90. The van der Waals surface area contributed by atoms with Crippen LogP contribution in [0.3, 0.4) is 0 Å². The largest absolute Gasteiger partial charge is 0.465 e. The number of ether oxygens (including phenoxy) is 1. The normalized spacial score (nSPS) is 14.2. The van der Waals surface area contributed by atoms with Gasteiger partial charge in [0.2, 0.25) is 11.8 Å². The smallest absolute Gasteiger partial charge is 0.337 e. The molecular weight excluding hydrogens is 334 g/mol. The lowest BCUT2D eigenvalue weighted by atomic mass is 10.0. The maximum absolute atomic E-state index is 12.5. The number of pyridine rings is 1. The fourth-order valence-electron chi connectivity index (χ4n) is 2.59. The van der Waals surface area contributed by atoms with Gasteiger partial charge < -0.3 is 15.4 Å². The molecule has 0 radical (unpaired) electrons. The highest BCUT2D eigenvalue weighted by Gasteiger charge is 2.56. The van der Waals surface area contributed by atoms with Crippen molar-refractivity contribution >= 4 is 23.5 Å². The van der Waals surface area contributed by atoms with Crippen LogP contribution in [0, 0.1) is 5.41 Å². The average molecular weight is 353 g/mol. The van der Waals surface area contributed by atoms with E-state index in [1.807, 2.05) is 6.07 Å². The molecule has 134 valence electrons. The Morgan fingerprint density at radius 1 is 1.12 bits per heavy atom. The van der Waals surface area contributed by atoms with Crippen molar-refractivity contribution in [1.29, 1.82) is 0 Å². The Bertz CT molecular complexity index is 814. The lowest BCUT2D eigenvalue weighted by Gasteiger charge is -2.15. The molecular formula is C19H19N3O4. The Morgan fingerprint density at radius 3 is 2.42 bits per heavy atom. The van der Waals surface area contributed by atoms with Crippen LogP contribution in [0.15, 0.2) is 48.8 Å². The van der Waals surface area contributed by atoms with Crippen LogP contribution in [0.5, 0.6) is 0 Å². The molecule has 26 heavy (non-hydrogen) atoms. The van der Waals surface area contributed by atoms with Crippen LogP contribution in [0.1, 0.15) is 28.8 Å². The standard InChI is InChI=1S/C19H19N3O4/c1-26-16(23)14-4-6-15(7-5-14)22-18(25)19(8-9-19)17(24)21-12-13-3-2-10-20-11-13/h2-7,10-11H,8-9,12H2,1H3,(H,21,24)(H,22,25). The van der Waals surface area contributed by atoms with Crippen LogP contribution in [-0.4, -0.2) is 29.9 Å². The van der Waals surface area contributed by atoms with E-state index < -0.39 is 11.4 Å². The fourth-order valence-corrected chi connectivity index (χ4v) is 2.59. The molecule has 0 saturated heterocycles. The first-order chi connectivity index (χ1) is 12.5. The van der Waals surface area contributed by atoms with Crippen molar-refractivity contribution < 1.29 is 19.1 Å². The summed E-state index contributed by atoms with van der Waals surface area (Å²) in [5, 5.41) is 5.54. The molecule has 1 fully saturated rings. The lowest BCUT2D eigenvalue weighted by Crippen LogP contribution is -2.39. The van der Waals surface area contributed by atoms with Crippen LogP contribution in [0.4, 0.5) is 5.69 Å². The van der Waals surface area contributed by atoms with E-state index in [-0.39, 0.29) is 11.8 Å². The van der Waals surface area contributed by atoms with Gasteiger partial charge in [0, 0.05) is 24.6 Å². The van der Waals surface area contributed by atoms with E-state index in [1.165, 1.54) is 7.11 Å². The van der Waals surface area contributed by atoms with E-state index in [4.69, 9.17) is 0 Å². The van der Waals surface area contributed by atoms with Gasteiger partial charge in [-0.1, -0.05) is 6.07 Å². The van der Waals surface area contributed by atoms with Crippen molar-refractivity contribution in [2.24, 2.45) is 5.41 Å². The lowest BCUT2D eigenvalue weighted by molar-refractivity contribution is -0.134. The number of methoxy groups -OCH3 is 1. The molecule has 2 amide bonds. The summed E-state index contributed by atoms with van der Waals surface area (Å²) >= 11 is 0. The molecule has 3 rings (SSSR count). The number of aromatic nitrogens is 1. The zero-order valence-corrected chi connectivity index (χ0v) is 14.3. The number of carbonyl (C=O) groups excluding carboxylic acids is 3. The minimum Gasteiger partial charge on any atom is -0.465 e. The van der Waals surface area contributed by atoms with Crippen LogP contribution >= 0.6 is 0 Å². The molecule has 2 aromatic rings. The van der Waals surface area contributed by atoms with Crippen molar-refractivity contribution in [2.75, 3.05) is 12.4 Å². The third-order valence-electron chi connectivity index (χ3n) is 4.36. The van der Waals surface area contributed by atoms with Gasteiger partial charge in [-0.3, -0.25) is 14.6 Å². The Kier molecular flexibility index (Phi) is 4.97. The summed E-state index contributed by atoms with van der Waals surface area (Å²) < 4.78 is 4.63. The van der Waals surface area contributed by atoms with E-state index >= 15 is 0 Å². The monoisotopic (exact) mass is 353 g/mol. The molecule has 0 aliphatic heterocycles. The molecule has 1 aromatic carbocycles. The number of anilines is 1. The van der Waals surface area contributed by atoms with E-state index in [9.17, 15) is 14.4 Å². The molecule has 1 aliphatic rings. The molecule has 2 N–H and O–H groups in total. The van der Waals surface area contributed by atoms with Gasteiger partial charge >= 0.3 is 5.97 Å². The molecule has 0 spiro atoms. The highest BCUT2D eigenvalue weighted by atomic mass is 16.5. The topological polar surface area (TPSA) is 97.4 Å². The van der Waals surface area contributed by atoms with E-state index in [0.29, 0.717) is 30.6 Å². The first-order valence-electron chi connectivity index (χ1n) is 8.22. The van der Waals surface area contributed by atoms with E-state index in [0.717, 1.165) is 5.56 Å². The van der Waals surface area contributed by atoms with Crippen LogP contribution in [-0.2, 0) is 20.9 Å². The van der Waals surface area contributed by atoms with Gasteiger partial charge in [0.15, 0.2) is 0 Å². The molecule has 1 aliphatic carbocycles.